The standard InChI is InChI=1S/C40H54N8O2/c1-26(2)47-25-42-33-24-32(44-36(35(33)47)43-28-8-9-28)27-7-10-31-34(21-27)48(30-22-29(23-30)45-17-5-4-6-18-45)38(50)40(31)13-19-46(20-14-40)37(49)39(3)11-15-41-16-12-39/h7,10,21,24-26,28-30,41H,4-6,8-9,11-20,22-23H2,1-3H3,(H,43,44)/t29-,30+. The highest BCUT2D eigenvalue weighted by Gasteiger charge is 2.56. The predicted octanol–water partition coefficient (Wildman–Crippen LogP) is 5.87. The maximum atomic E-state index is 14.9. The van der Waals surface area contributed by atoms with Crippen LogP contribution in [0.15, 0.2) is 30.6 Å². The molecule has 50 heavy (non-hydrogen) atoms. The number of piperidine rings is 3. The van der Waals surface area contributed by atoms with Gasteiger partial charge in [0.1, 0.15) is 5.52 Å². The fourth-order valence-electron chi connectivity index (χ4n) is 9.73. The molecule has 0 atom stereocenters. The number of rotatable bonds is 7. The monoisotopic (exact) mass is 678 g/mol. The Labute approximate surface area is 296 Å². The average Bonchev–Trinajstić information content (AvgIpc) is 3.77. The summed E-state index contributed by atoms with van der Waals surface area (Å²) < 4.78 is 2.21. The van der Waals surface area contributed by atoms with Crippen molar-refractivity contribution in [3.63, 3.8) is 0 Å². The van der Waals surface area contributed by atoms with E-state index in [1.807, 2.05) is 6.33 Å². The van der Waals surface area contributed by atoms with Crippen molar-refractivity contribution < 1.29 is 9.59 Å². The second-order valence-corrected chi connectivity index (χ2v) is 16.9. The smallest absolute Gasteiger partial charge is 0.238 e. The summed E-state index contributed by atoms with van der Waals surface area (Å²) in [6, 6.07) is 10.3. The van der Waals surface area contributed by atoms with Gasteiger partial charge in [-0.25, -0.2) is 9.97 Å². The Morgan fingerprint density at radius 3 is 2.40 bits per heavy atom. The molecule has 0 unspecified atom stereocenters. The minimum absolute atomic E-state index is 0.209. The van der Waals surface area contributed by atoms with E-state index in [1.165, 1.54) is 45.2 Å². The highest BCUT2D eigenvalue weighted by Crippen LogP contribution is 2.52. The van der Waals surface area contributed by atoms with Crippen LogP contribution in [-0.4, -0.2) is 93.5 Å². The molecule has 0 bridgehead atoms. The van der Waals surface area contributed by atoms with Gasteiger partial charge in [0.05, 0.1) is 23.0 Å². The maximum absolute atomic E-state index is 14.9. The Kier molecular flexibility index (Phi) is 7.99. The summed E-state index contributed by atoms with van der Waals surface area (Å²) in [7, 11) is 0. The van der Waals surface area contributed by atoms with Gasteiger partial charge in [0.2, 0.25) is 11.8 Å². The van der Waals surface area contributed by atoms with Crippen LogP contribution in [0.2, 0.25) is 0 Å². The molecule has 9 rings (SSSR count). The zero-order valence-electron chi connectivity index (χ0n) is 30.2. The first-order valence-electron chi connectivity index (χ1n) is 19.6. The molecule has 3 saturated heterocycles. The molecular formula is C40H54N8O2. The van der Waals surface area contributed by atoms with Crippen LogP contribution in [0.5, 0.6) is 0 Å². The SMILES string of the molecule is CC(C)n1cnc2cc(-c3ccc4c(c3)N([C@H]3C[C@@H](N5CCCCC5)C3)C(=O)C43CCN(C(=O)C4(C)CCNCC4)CC3)nc(NC3CC3)c21. The van der Waals surface area contributed by atoms with Gasteiger partial charge < -0.3 is 29.9 Å². The largest absolute Gasteiger partial charge is 0.366 e. The Bertz CT molecular complexity index is 1790. The number of amides is 2. The highest BCUT2D eigenvalue weighted by molar-refractivity contribution is 6.09. The first-order chi connectivity index (χ1) is 24.2. The molecule has 2 aromatic heterocycles. The van der Waals surface area contributed by atoms with Gasteiger partial charge in [-0.2, -0.15) is 0 Å². The van der Waals surface area contributed by atoms with Gasteiger partial charge in [0.15, 0.2) is 5.82 Å². The first kappa shape index (κ1) is 32.4. The van der Waals surface area contributed by atoms with Crippen molar-refractivity contribution in [2.75, 3.05) is 49.5 Å². The molecule has 1 aromatic carbocycles. The van der Waals surface area contributed by atoms with E-state index in [0.717, 1.165) is 78.1 Å². The van der Waals surface area contributed by atoms with Crippen LogP contribution in [-0.2, 0) is 15.0 Å². The summed E-state index contributed by atoms with van der Waals surface area (Å²) in [5.74, 6) is 1.42. The van der Waals surface area contributed by atoms with Crippen LogP contribution in [0.25, 0.3) is 22.3 Å². The molecule has 2 amide bonds. The minimum Gasteiger partial charge on any atom is -0.366 e. The van der Waals surface area contributed by atoms with E-state index in [1.54, 1.807) is 0 Å². The second kappa shape index (κ2) is 12.3. The summed E-state index contributed by atoms with van der Waals surface area (Å²) in [5, 5.41) is 7.11. The summed E-state index contributed by atoms with van der Waals surface area (Å²) in [5.41, 5.74) is 5.24. The minimum atomic E-state index is -0.581. The number of benzene rings is 1. The number of imidazole rings is 1. The third-order valence-corrected chi connectivity index (χ3v) is 13.2. The van der Waals surface area contributed by atoms with Gasteiger partial charge in [0, 0.05) is 53.9 Å². The lowest BCUT2D eigenvalue weighted by Gasteiger charge is -2.48. The predicted molar refractivity (Wildman–Crippen MR) is 197 cm³/mol. The van der Waals surface area contributed by atoms with Crippen molar-refractivity contribution in [2.45, 2.75) is 121 Å². The topological polar surface area (TPSA) is 98.6 Å². The number of carbonyl (C=O) groups is 2. The summed E-state index contributed by atoms with van der Waals surface area (Å²) in [6.45, 7) is 11.9. The Hall–Kier alpha value is -3.50. The molecule has 6 heterocycles. The molecule has 5 fully saturated rings. The van der Waals surface area contributed by atoms with Crippen LogP contribution in [0.3, 0.4) is 0 Å². The van der Waals surface area contributed by atoms with E-state index in [-0.39, 0.29) is 29.3 Å². The van der Waals surface area contributed by atoms with E-state index in [0.29, 0.717) is 38.0 Å². The Morgan fingerprint density at radius 2 is 1.70 bits per heavy atom. The molecule has 2 saturated carbocycles. The summed E-state index contributed by atoms with van der Waals surface area (Å²) in [4.78, 5) is 45.8. The Balaban J connectivity index is 1.05. The van der Waals surface area contributed by atoms with Crippen molar-refractivity contribution >= 4 is 34.4 Å². The second-order valence-electron chi connectivity index (χ2n) is 16.9. The quantitative estimate of drug-likeness (QED) is 0.323. The molecule has 10 nitrogen and oxygen atoms in total. The summed E-state index contributed by atoms with van der Waals surface area (Å²) in [6.07, 6.45) is 13.4. The van der Waals surface area contributed by atoms with E-state index >= 15 is 0 Å². The zero-order chi connectivity index (χ0) is 34.2. The first-order valence-corrected chi connectivity index (χ1v) is 19.6. The number of fused-ring (bicyclic) bond motifs is 3. The molecule has 0 radical (unpaired) electrons. The van der Waals surface area contributed by atoms with Gasteiger partial charge in [-0.05, 0) is 122 Å². The molecule has 2 N–H and O–H groups in total. The lowest BCUT2D eigenvalue weighted by molar-refractivity contribution is -0.145. The lowest BCUT2D eigenvalue weighted by atomic mass is 9.72. The normalized spacial score (nSPS) is 26.4. The summed E-state index contributed by atoms with van der Waals surface area (Å²) >= 11 is 0. The van der Waals surface area contributed by atoms with Crippen molar-refractivity contribution in [1.82, 2.24) is 29.7 Å². The fourth-order valence-corrected chi connectivity index (χ4v) is 9.73. The van der Waals surface area contributed by atoms with Gasteiger partial charge in [-0.3, -0.25) is 9.59 Å². The molecular weight excluding hydrogens is 624 g/mol. The van der Waals surface area contributed by atoms with E-state index in [2.05, 4.69) is 74.9 Å². The maximum Gasteiger partial charge on any atom is 0.238 e. The van der Waals surface area contributed by atoms with Crippen molar-refractivity contribution in [3.8, 4) is 11.3 Å². The number of hydrogen-bond acceptors (Lipinski definition) is 7. The number of nitrogens with one attached hydrogen (secondary N) is 2. The molecule has 10 heteroatoms. The number of anilines is 2. The van der Waals surface area contributed by atoms with Crippen LogP contribution >= 0.6 is 0 Å². The third-order valence-electron chi connectivity index (χ3n) is 13.2. The van der Waals surface area contributed by atoms with E-state index in [9.17, 15) is 9.59 Å². The fraction of sp³-hybridized carbons (Fsp3) is 0.650. The van der Waals surface area contributed by atoms with Crippen molar-refractivity contribution in [2.24, 2.45) is 5.41 Å². The van der Waals surface area contributed by atoms with E-state index < -0.39 is 5.41 Å². The van der Waals surface area contributed by atoms with Crippen LogP contribution in [0.1, 0.15) is 103 Å². The zero-order valence-corrected chi connectivity index (χ0v) is 30.2. The molecule has 3 aromatic rings. The van der Waals surface area contributed by atoms with Crippen LogP contribution < -0.4 is 15.5 Å². The van der Waals surface area contributed by atoms with E-state index in [4.69, 9.17) is 9.97 Å². The molecule has 6 aliphatic rings. The number of nitrogens with zero attached hydrogens (tertiary/aromatic N) is 6. The highest BCUT2D eigenvalue weighted by atomic mass is 16.2. The molecule has 1 spiro atoms. The Morgan fingerprint density at radius 1 is 0.960 bits per heavy atom. The molecule has 266 valence electrons. The van der Waals surface area contributed by atoms with Crippen molar-refractivity contribution in [3.05, 3.63) is 36.2 Å². The number of hydrogen-bond donors (Lipinski definition) is 2. The number of aromatic nitrogens is 3. The number of pyridine rings is 1. The van der Waals surface area contributed by atoms with Gasteiger partial charge in [-0.1, -0.05) is 25.5 Å². The molecule has 2 aliphatic carbocycles. The van der Waals surface area contributed by atoms with Crippen LogP contribution in [0.4, 0.5) is 11.5 Å². The third kappa shape index (κ3) is 5.35. The number of carbonyl (C=O) groups excluding carboxylic acids is 2. The van der Waals surface area contributed by atoms with Crippen molar-refractivity contribution in [1.29, 1.82) is 0 Å². The van der Waals surface area contributed by atoms with Gasteiger partial charge in [0.25, 0.3) is 0 Å². The molecule has 4 aliphatic heterocycles. The number of likely N-dealkylation sites (tertiary alicyclic amines) is 2. The lowest BCUT2D eigenvalue weighted by Crippen LogP contribution is -2.59. The van der Waals surface area contributed by atoms with Gasteiger partial charge in [-0.15, -0.1) is 0 Å². The van der Waals surface area contributed by atoms with Crippen LogP contribution in [0, 0.1) is 5.41 Å². The average molecular weight is 679 g/mol. The van der Waals surface area contributed by atoms with Gasteiger partial charge >= 0.3 is 0 Å².